The van der Waals surface area contributed by atoms with Crippen LogP contribution in [-0.2, 0) is 22.2 Å². The number of benzene rings is 3. The van der Waals surface area contributed by atoms with E-state index in [9.17, 15) is 27.9 Å². The second-order valence-corrected chi connectivity index (χ2v) is 12.5. The number of rotatable bonds is 8. The van der Waals surface area contributed by atoms with Gasteiger partial charge in [-0.15, -0.1) is 0 Å². The molecule has 8 nitrogen and oxygen atoms in total. The maximum Gasteiger partial charge on any atom is 0.416 e. The van der Waals surface area contributed by atoms with Gasteiger partial charge in [-0.05, 0) is 62.6 Å². The normalized spacial score (nSPS) is 20.6. The number of para-hydroxylation sites is 1. The highest BCUT2D eigenvalue weighted by Gasteiger charge is 2.59. The van der Waals surface area contributed by atoms with Crippen molar-refractivity contribution in [3.05, 3.63) is 88.2 Å². The molecule has 1 fully saturated rings. The molecule has 0 aromatic heterocycles. The number of methoxy groups -OCH3 is 2. The minimum absolute atomic E-state index is 0.0602. The van der Waals surface area contributed by atoms with E-state index in [1.54, 1.807) is 17.9 Å². The van der Waals surface area contributed by atoms with Gasteiger partial charge in [0, 0.05) is 36.2 Å². The van der Waals surface area contributed by atoms with E-state index in [0.29, 0.717) is 19.4 Å². The largest absolute Gasteiger partial charge is 0.509 e. The second-order valence-electron chi connectivity index (χ2n) is 12.5. The number of nitrogens with zero attached hydrogens (tertiary/aromatic N) is 1. The van der Waals surface area contributed by atoms with Gasteiger partial charge in [-0.2, -0.15) is 13.2 Å². The second kappa shape index (κ2) is 13.8. The van der Waals surface area contributed by atoms with Crippen LogP contribution < -0.4 is 14.8 Å². The topological polar surface area (TPSA) is 108 Å². The number of aliphatic hydroxyl groups is 2. The molecule has 0 radical (unpaired) electrons. The molecule has 2 atom stereocenters. The highest BCUT2D eigenvalue weighted by Crippen LogP contribution is 2.48. The van der Waals surface area contributed by atoms with Crippen LogP contribution in [0.2, 0.25) is 0 Å². The van der Waals surface area contributed by atoms with Crippen LogP contribution in [0.3, 0.4) is 0 Å². The van der Waals surface area contributed by atoms with Gasteiger partial charge in [-0.3, -0.25) is 14.5 Å². The fraction of sp³-hybridized carbons (Fsp3) is 0.351. The van der Waals surface area contributed by atoms with Crippen molar-refractivity contribution in [2.75, 3.05) is 32.7 Å². The van der Waals surface area contributed by atoms with Gasteiger partial charge in [0.25, 0.3) is 5.91 Å². The number of nitrogens with one attached hydrogen (secondary N) is 1. The Bertz CT molecular complexity index is 1950. The number of carbonyl (C=O) groups excluding carboxylic acids is 2. The van der Waals surface area contributed by atoms with Crippen molar-refractivity contribution in [3.8, 4) is 34.5 Å². The predicted octanol–water partition coefficient (Wildman–Crippen LogP) is 6.59. The number of anilines is 1. The fourth-order valence-corrected chi connectivity index (χ4v) is 6.90. The van der Waals surface area contributed by atoms with E-state index in [1.165, 1.54) is 45.4 Å². The molecular weight excluding hydrogens is 663 g/mol. The molecule has 1 saturated heterocycles. The highest BCUT2D eigenvalue weighted by atomic mass is 19.4. The van der Waals surface area contributed by atoms with Crippen molar-refractivity contribution in [1.82, 2.24) is 4.90 Å². The molecule has 3 N–H and O–H groups in total. The summed E-state index contributed by atoms with van der Waals surface area (Å²) in [5.74, 6) is 0.304. The van der Waals surface area contributed by atoms with E-state index in [-0.39, 0.29) is 58.9 Å². The summed E-state index contributed by atoms with van der Waals surface area (Å²) in [5.41, 5.74) is -5.07. The van der Waals surface area contributed by atoms with Crippen molar-refractivity contribution in [2.45, 2.75) is 56.8 Å². The van der Waals surface area contributed by atoms with Gasteiger partial charge in [0.1, 0.15) is 11.3 Å². The van der Waals surface area contributed by atoms with Gasteiger partial charge < -0.3 is 25.0 Å². The molecule has 0 bridgehead atoms. The van der Waals surface area contributed by atoms with Crippen molar-refractivity contribution in [2.24, 2.45) is 0 Å². The first-order valence-electron chi connectivity index (χ1n) is 15.7. The number of aliphatic hydroxyl groups excluding tert-OH is 2. The number of ketones is 1. The van der Waals surface area contributed by atoms with E-state index in [1.807, 2.05) is 0 Å². The first kappa shape index (κ1) is 36.4. The molecule has 2 aliphatic heterocycles. The average Bonchev–Trinajstić information content (AvgIpc) is 3.50. The number of alkyl halides is 3. The molecule has 0 aliphatic carbocycles. The standard InChI is InChI=1S/C37H35F5N2O6/c1-35-16-8-17-44(35)36(2,20-22-13-12-21(9-5-6-18-45)29(38)30(22)39)33(47)28(32(35)46)34(48)43-26-15-14-23(37(40,41)42)19-25(26)24-10-7-11-27(49-3)31(24)50-4/h7,10-15,19,45-46H,6,8,16-18,20H2,1-4H3,(H,43,48)/t35?,36-/m0/s1. The Labute approximate surface area is 285 Å². The summed E-state index contributed by atoms with van der Waals surface area (Å²) in [6.45, 7) is 3.16. The van der Waals surface area contributed by atoms with E-state index < -0.39 is 57.5 Å². The molecule has 5 rings (SSSR count). The number of Topliss-reactive ketones (excluding diaryl/α,β-unsaturated/α-hetero) is 1. The third-order valence-electron chi connectivity index (χ3n) is 9.37. The first-order chi connectivity index (χ1) is 23.6. The Morgan fingerprint density at radius 3 is 2.44 bits per heavy atom. The van der Waals surface area contributed by atoms with E-state index >= 15 is 8.78 Å². The van der Waals surface area contributed by atoms with Crippen LogP contribution in [0.25, 0.3) is 11.1 Å². The molecule has 1 unspecified atom stereocenters. The maximum absolute atomic E-state index is 15.5. The third kappa shape index (κ3) is 6.29. The monoisotopic (exact) mass is 698 g/mol. The molecule has 3 aromatic rings. The van der Waals surface area contributed by atoms with Crippen LogP contribution >= 0.6 is 0 Å². The zero-order valence-corrected chi connectivity index (χ0v) is 27.7. The number of carbonyl (C=O) groups is 2. The SMILES string of the molecule is COc1cccc(-c2cc(C(F)(F)F)ccc2NC(=O)C2=C(O)C3(C)CCCN3[C@@](C)(Cc3ccc(C#CCCO)c(F)c3F)C2=O)c1OC. The minimum atomic E-state index is -4.75. The summed E-state index contributed by atoms with van der Waals surface area (Å²) in [6.07, 6.45) is -4.24. The molecule has 0 spiro atoms. The molecule has 2 aliphatic rings. The van der Waals surface area contributed by atoms with Crippen LogP contribution in [-0.4, -0.2) is 65.3 Å². The average molecular weight is 699 g/mol. The van der Waals surface area contributed by atoms with E-state index in [0.717, 1.165) is 18.2 Å². The molecule has 3 aromatic carbocycles. The van der Waals surface area contributed by atoms with E-state index in [2.05, 4.69) is 17.2 Å². The summed E-state index contributed by atoms with van der Waals surface area (Å²) in [6, 6.07) is 9.72. The molecule has 264 valence electrons. The molecule has 1 amide bonds. The van der Waals surface area contributed by atoms with Crippen molar-refractivity contribution in [3.63, 3.8) is 0 Å². The van der Waals surface area contributed by atoms with Gasteiger partial charge in [0.15, 0.2) is 28.9 Å². The Balaban J connectivity index is 1.58. The van der Waals surface area contributed by atoms with Crippen LogP contribution in [0.1, 0.15) is 49.8 Å². The van der Waals surface area contributed by atoms with Gasteiger partial charge >= 0.3 is 6.18 Å². The van der Waals surface area contributed by atoms with Crippen molar-refractivity contribution >= 4 is 17.4 Å². The quantitative estimate of drug-likeness (QED) is 0.138. The molecule has 13 heteroatoms. The van der Waals surface area contributed by atoms with Crippen LogP contribution in [0, 0.1) is 23.5 Å². The van der Waals surface area contributed by atoms with E-state index in [4.69, 9.17) is 14.6 Å². The van der Waals surface area contributed by atoms with Crippen LogP contribution in [0.4, 0.5) is 27.6 Å². The number of hydrogen-bond acceptors (Lipinski definition) is 7. The van der Waals surface area contributed by atoms with Crippen molar-refractivity contribution in [1.29, 1.82) is 0 Å². The molecule has 50 heavy (non-hydrogen) atoms. The van der Waals surface area contributed by atoms with Crippen molar-refractivity contribution < 1.29 is 51.2 Å². The Morgan fingerprint density at radius 2 is 1.78 bits per heavy atom. The summed E-state index contributed by atoms with van der Waals surface area (Å²) in [5, 5.41) is 23.0. The Morgan fingerprint density at radius 1 is 1.04 bits per heavy atom. The highest BCUT2D eigenvalue weighted by molar-refractivity contribution is 6.27. The van der Waals surface area contributed by atoms with Crippen LogP contribution in [0.15, 0.2) is 59.9 Å². The van der Waals surface area contributed by atoms with Gasteiger partial charge in [-0.25, -0.2) is 8.78 Å². The lowest BCUT2D eigenvalue weighted by Crippen LogP contribution is -2.65. The molecule has 2 heterocycles. The summed E-state index contributed by atoms with van der Waals surface area (Å²) in [7, 11) is 2.66. The Hall–Kier alpha value is -4.93. The number of fused-ring (bicyclic) bond motifs is 1. The van der Waals surface area contributed by atoms with Gasteiger partial charge in [0.05, 0.1) is 43.0 Å². The lowest BCUT2D eigenvalue weighted by molar-refractivity contribution is -0.137. The summed E-state index contributed by atoms with van der Waals surface area (Å²) < 4.78 is 82.9. The number of amides is 1. The zero-order valence-electron chi connectivity index (χ0n) is 27.7. The van der Waals surface area contributed by atoms with Crippen LogP contribution in [0.5, 0.6) is 11.5 Å². The Kier molecular flexibility index (Phi) is 10.0. The van der Waals surface area contributed by atoms with Gasteiger partial charge in [0.2, 0.25) is 0 Å². The van der Waals surface area contributed by atoms with Gasteiger partial charge in [-0.1, -0.05) is 30.0 Å². The number of ether oxygens (including phenoxy) is 2. The fourth-order valence-electron chi connectivity index (χ4n) is 6.90. The minimum Gasteiger partial charge on any atom is -0.509 e. The first-order valence-corrected chi connectivity index (χ1v) is 15.7. The zero-order chi connectivity index (χ0) is 36.6. The summed E-state index contributed by atoms with van der Waals surface area (Å²) in [4.78, 5) is 30.1. The number of halogens is 5. The number of hydrogen-bond donors (Lipinski definition) is 3. The maximum atomic E-state index is 15.5. The third-order valence-corrected chi connectivity index (χ3v) is 9.37. The summed E-state index contributed by atoms with van der Waals surface area (Å²) >= 11 is 0. The lowest BCUT2D eigenvalue weighted by Gasteiger charge is -2.50. The molecule has 0 saturated carbocycles. The smallest absolute Gasteiger partial charge is 0.416 e. The predicted molar refractivity (Wildman–Crippen MR) is 175 cm³/mol. The lowest BCUT2D eigenvalue weighted by atomic mass is 9.74. The molecular formula is C37H35F5N2O6.